The molecule has 0 saturated heterocycles. The van der Waals surface area contributed by atoms with Crippen LogP contribution in [-0.2, 0) is 0 Å². The van der Waals surface area contributed by atoms with Gasteiger partial charge in [0.15, 0.2) is 0 Å². The fraction of sp³-hybridized carbons (Fsp3) is 0. The van der Waals surface area contributed by atoms with Gasteiger partial charge in [-0.15, -0.1) is 11.3 Å². The number of carbonyl (C=O) groups excluding carboxylic acids is 1. The number of amides is 1. The second kappa shape index (κ2) is 5.57. The first-order valence-corrected chi connectivity index (χ1v) is 7.05. The number of anilines is 1. The quantitative estimate of drug-likeness (QED) is 0.774. The first-order chi connectivity index (χ1) is 8.47. The predicted octanol–water partition coefficient (Wildman–Crippen LogP) is 5.21. The molecule has 1 heterocycles. The zero-order valence-corrected chi connectivity index (χ0v) is 12.6. The molecular weight excluding hydrogens is 364 g/mol. The second-order valence-electron chi connectivity index (χ2n) is 3.32. The lowest BCUT2D eigenvalue weighted by atomic mass is 10.2. The van der Waals surface area contributed by atoms with E-state index in [1.54, 1.807) is 6.07 Å². The summed E-state index contributed by atoms with van der Waals surface area (Å²) in [6.07, 6.45) is 0. The Morgan fingerprint density at radius 2 is 2.06 bits per heavy atom. The molecule has 0 unspecified atom stereocenters. The zero-order chi connectivity index (χ0) is 13.3. The molecule has 1 N–H and O–H groups in total. The molecule has 2 nitrogen and oxygen atoms in total. The van der Waals surface area contributed by atoms with Crippen molar-refractivity contribution in [3.63, 3.8) is 0 Å². The molecule has 0 saturated carbocycles. The molecule has 0 spiro atoms. The molecule has 1 aromatic carbocycles. The number of rotatable bonds is 2. The Labute approximate surface area is 125 Å². The molecule has 0 bridgehead atoms. The first-order valence-electron chi connectivity index (χ1n) is 4.68. The predicted molar refractivity (Wildman–Crippen MR) is 76.4 cm³/mol. The van der Waals surface area contributed by atoms with Gasteiger partial charge in [-0.1, -0.05) is 39.1 Å². The van der Waals surface area contributed by atoms with Crippen molar-refractivity contribution in [1.82, 2.24) is 0 Å². The van der Waals surface area contributed by atoms with E-state index in [2.05, 4.69) is 21.2 Å². The van der Waals surface area contributed by atoms with E-state index in [1.807, 2.05) is 0 Å². The lowest BCUT2D eigenvalue weighted by Gasteiger charge is -2.05. The van der Waals surface area contributed by atoms with Gasteiger partial charge in [0.25, 0.3) is 5.91 Å². The topological polar surface area (TPSA) is 29.1 Å². The molecule has 1 amide bonds. The molecular formula is C11H5BrCl2FNOS. The first kappa shape index (κ1) is 13.8. The van der Waals surface area contributed by atoms with E-state index in [1.165, 1.54) is 18.2 Å². The average Bonchev–Trinajstić information content (AvgIpc) is 2.62. The van der Waals surface area contributed by atoms with Crippen LogP contribution in [0.25, 0.3) is 0 Å². The maximum Gasteiger partial charge on any atom is 0.258 e. The van der Waals surface area contributed by atoms with E-state index in [-0.39, 0.29) is 15.6 Å². The van der Waals surface area contributed by atoms with Gasteiger partial charge in [0, 0.05) is 4.47 Å². The van der Waals surface area contributed by atoms with Gasteiger partial charge in [-0.05, 0) is 24.3 Å². The Bertz CT molecular complexity index is 617. The highest BCUT2D eigenvalue weighted by Crippen LogP contribution is 2.31. The summed E-state index contributed by atoms with van der Waals surface area (Å²) in [5, 5.41) is 2.44. The van der Waals surface area contributed by atoms with Crippen molar-refractivity contribution in [3.05, 3.63) is 48.8 Å². The Kier molecular flexibility index (Phi) is 4.27. The van der Waals surface area contributed by atoms with E-state index < -0.39 is 11.7 Å². The molecule has 0 radical (unpaired) electrons. The number of thiophene rings is 1. The van der Waals surface area contributed by atoms with Crippen molar-refractivity contribution in [2.24, 2.45) is 0 Å². The number of halogens is 4. The van der Waals surface area contributed by atoms with Crippen LogP contribution in [0.4, 0.5) is 10.1 Å². The molecule has 0 aliphatic heterocycles. The van der Waals surface area contributed by atoms with Gasteiger partial charge in [0.1, 0.15) is 10.2 Å². The van der Waals surface area contributed by atoms with E-state index in [0.29, 0.717) is 8.81 Å². The normalized spacial score (nSPS) is 10.4. The Morgan fingerprint density at radius 1 is 1.33 bits per heavy atom. The highest BCUT2D eigenvalue weighted by molar-refractivity contribution is 9.10. The largest absolute Gasteiger partial charge is 0.319 e. The summed E-state index contributed by atoms with van der Waals surface area (Å²) in [4.78, 5) is 11.9. The standard InChI is InChI=1S/C11H5BrCl2FNOS/c12-5-1-2-8(7(15)3-5)16-11(17)6-4-9(13)18-10(6)14/h1-4H,(H,16,17). The number of carbonyl (C=O) groups is 1. The smallest absolute Gasteiger partial charge is 0.258 e. The van der Waals surface area contributed by atoms with Crippen molar-refractivity contribution in [2.75, 3.05) is 5.32 Å². The second-order valence-corrected chi connectivity index (χ2v) is 6.52. The zero-order valence-electron chi connectivity index (χ0n) is 8.64. The molecule has 0 aliphatic rings. The van der Waals surface area contributed by atoms with Gasteiger partial charge < -0.3 is 5.32 Å². The van der Waals surface area contributed by atoms with Crippen LogP contribution >= 0.6 is 50.5 Å². The Hall–Kier alpha value is -0.620. The molecule has 0 atom stereocenters. The molecule has 0 fully saturated rings. The maximum atomic E-state index is 13.5. The Balaban J connectivity index is 2.24. The van der Waals surface area contributed by atoms with E-state index in [9.17, 15) is 9.18 Å². The summed E-state index contributed by atoms with van der Waals surface area (Å²) < 4.78 is 14.8. The summed E-state index contributed by atoms with van der Waals surface area (Å²) in [6, 6.07) is 5.79. The van der Waals surface area contributed by atoms with Gasteiger partial charge in [-0.25, -0.2) is 4.39 Å². The summed E-state index contributed by atoms with van der Waals surface area (Å²) in [5.74, 6) is -1.03. The maximum absolute atomic E-state index is 13.5. The highest BCUT2D eigenvalue weighted by atomic mass is 79.9. The third kappa shape index (κ3) is 3.03. The van der Waals surface area contributed by atoms with Crippen LogP contribution in [0.1, 0.15) is 10.4 Å². The van der Waals surface area contributed by atoms with Gasteiger partial charge in [0.2, 0.25) is 0 Å². The molecule has 2 rings (SSSR count). The molecule has 0 aliphatic carbocycles. The SMILES string of the molecule is O=C(Nc1ccc(Br)cc1F)c1cc(Cl)sc1Cl. The minimum Gasteiger partial charge on any atom is -0.319 e. The third-order valence-corrected chi connectivity index (χ3v) is 4.06. The van der Waals surface area contributed by atoms with Crippen LogP contribution in [0.3, 0.4) is 0 Å². The Morgan fingerprint density at radius 3 is 2.61 bits per heavy atom. The van der Waals surface area contributed by atoms with Gasteiger partial charge >= 0.3 is 0 Å². The van der Waals surface area contributed by atoms with Crippen LogP contribution in [0.2, 0.25) is 8.67 Å². The highest BCUT2D eigenvalue weighted by Gasteiger charge is 2.15. The minimum absolute atomic E-state index is 0.0848. The monoisotopic (exact) mass is 367 g/mol. The fourth-order valence-corrected chi connectivity index (χ4v) is 3.07. The average molecular weight is 369 g/mol. The molecule has 18 heavy (non-hydrogen) atoms. The van der Waals surface area contributed by atoms with Gasteiger partial charge in [-0.2, -0.15) is 0 Å². The van der Waals surface area contributed by atoms with Gasteiger partial charge in [0.05, 0.1) is 15.6 Å². The number of hydrogen-bond donors (Lipinski definition) is 1. The van der Waals surface area contributed by atoms with Crippen LogP contribution in [0, 0.1) is 5.82 Å². The number of benzene rings is 1. The fourth-order valence-electron chi connectivity index (χ4n) is 1.28. The third-order valence-electron chi connectivity index (χ3n) is 2.08. The van der Waals surface area contributed by atoms with Crippen molar-refractivity contribution in [3.8, 4) is 0 Å². The summed E-state index contributed by atoms with van der Waals surface area (Å²) in [6.45, 7) is 0. The van der Waals surface area contributed by atoms with Crippen LogP contribution in [-0.4, -0.2) is 5.91 Å². The summed E-state index contributed by atoms with van der Waals surface area (Å²) in [5.41, 5.74) is 0.315. The molecule has 94 valence electrons. The summed E-state index contributed by atoms with van der Waals surface area (Å²) in [7, 11) is 0. The van der Waals surface area contributed by atoms with E-state index >= 15 is 0 Å². The van der Waals surface area contributed by atoms with Crippen LogP contribution < -0.4 is 5.32 Å². The van der Waals surface area contributed by atoms with E-state index in [0.717, 1.165) is 11.3 Å². The van der Waals surface area contributed by atoms with Crippen molar-refractivity contribution in [2.45, 2.75) is 0 Å². The van der Waals surface area contributed by atoms with Crippen LogP contribution in [0.5, 0.6) is 0 Å². The van der Waals surface area contributed by atoms with Crippen molar-refractivity contribution < 1.29 is 9.18 Å². The van der Waals surface area contributed by atoms with E-state index in [4.69, 9.17) is 23.2 Å². The molecule has 2 aromatic rings. The van der Waals surface area contributed by atoms with Crippen LogP contribution in [0.15, 0.2) is 28.7 Å². The van der Waals surface area contributed by atoms with Gasteiger partial charge in [-0.3, -0.25) is 4.79 Å². The van der Waals surface area contributed by atoms with Crippen molar-refractivity contribution >= 4 is 62.1 Å². The number of hydrogen-bond acceptors (Lipinski definition) is 2. The lowest BCUT2D eigenvalue weighted by molar-refractivity contribution is 0.102. The molecule has 7 heteroatoms. The number of nitrogens with one attached hydrogen (secondary N) is 1. The van der Waals surface area contributed by atoms with Crippen molar-refractivity contribution in [1.29, 1.82) is 0 Å². The summed E-state index contributed by atoms with van der Waals surface area (Å²) >= 11 is 15.8. The molecule has 1 aromatic heterocycles. The lowest BCUT2D eigenvalue weighted by Crippen LogP contribution is -2.12. The minimum atomic E-state index is -0.532.